The van der Waals surface area contributed by atoms with E-state index in [1.54, 1.807) is 29.4 Å². The van der Waals surface area contributed by atoms with Gasteiger partial charge in [0, 0.05) is 36.4 Å². The number of rotatable bonds is 3. The van der Waals surface area contributed by atoms with Gasteiger partial charge < -0.3 is 9.64 Å². The second-order valence-corrected chi connectivity index (χ2v) is 7.17. The number of carbonyl (C=O) groups is 1. The van der Waals surface area contributed by atoms with Crippen LogP contribution in [0.5, 0.6) is 5.75 Å². The predicted octanol–water partition coefficient (Wildman–Crippen LogP) is 4.72. The summed E-state index contributed by atoms with van der Waals surface area (Å²) in [5, 5.41) is 1.12. The van der Waals surface area contributed by atoms with Crippen molar-refractivity contribution < 1.29 is 13.9 Å². The zero-order chi connectivity index (χ0) is 19.7. The minimum absolute atomic E-state index is 0.211. The number of piperidine rings is 1. The lowest BCUT2D eigenvalue weighted by Gasteiger charge is -2.27. The average molecular weight is 400 g/mol. The molecule has 28 heavy (non-hydrogen) atoms. The first-order valence-corrected chi connectivity index (χ1v) is 9.53. The maximum Gasteiger partial charge on any atom is 0.257 e. The Bertz CT molecular complexity index is 1050. The zero-order valence-corrected chi connectivity index (χ0v) is 16.2. The lowest BCUT2D eigenvalue weighted by atomic mass is 10.0. The number of methoxy groups -OCH3 is 1. The van der Waals surface area contributed by atoms with Gasteiger partial charge in [0.25, 0.3) is 5.91 Å². The van der Waals surface area contributed by atoms with Gasteiger partial charge in [-0.3, -0.25) is 9.78 Å². The third-order valence-corrected chi connectivity index (χ3v) is 5.31. The fourth-order valence-electron chi connectivity index (χ4n) is 3.52. The Morgan fingerprint density at radius 2 is 2.00 bits per heavy atom. The maximum absolute atomic E-state index is 15.0. The van der Waals surface area contributed by atoms with Crippen LogP contribution in [-0.4, -0.2) is 41.0 Å². The number of carbonyl (C=O) groups excluding carboxylic acids is 1. The summed E-state index contributed by atoms with van der Waals surface area (Å²) >= 11 is 6.33. The van der Waals surface area contributed by atoms with Crippen LogP contribution in [0.3, 0.4) is 0 Å². The highest BCUT2D eigenvalue weighted by Gasteiger charge is 2.24. The van der Waals surface area contributed by atoms with Gasteiger partial charge in [-0.05, 0) is 43.5 Å². The molecule has 0 atom stereocenters. The molecule has 0 N–H and O–H groups in total. The van der Waals surface area contributed by atoms with E-state index < -0.39 is 5.82 Å². The van der Waals surface area contributed by atoms with Gasteiger partial charge in [-0.2, -0.15) is 0 Å². The molecule has 5 nitrogen and oxygen atoms in total. The van der Waals surface area contributed by atoms with Crippen molar-refractivity contribution in [2.45, 2.75) is 19.3 Å². The van der Waals surface area contributed by atoms with Crippen LogP contribution in [0, 0.1) is 5.82 Å². The summed E-state index contributed by atoms with van der Waals surface area (Å²) in [4.78, 5) is 23.1. The Labute approximate surface area is 167 Å². The van der Waals surface area contributed by atoms with Gasteiger partial charge >= 0.3 is 0 Å². The Kier molecular flexibility index (Phi) is 5.13. The molecule has 0 bridgehead atoms. The van der Waals surface area contributed by atoms with Crippen molar-refractivity contribution >= 4 is 28.4 Å². The van der Waals surface area contributed by atoms with Gasteiger partial charge in [0.1, 0.15) is 11.6 Å². The Balaban J connectivity index is 1.78. The van der Waals surface area contributed by atoms with Crippen molar-refractivity contribution in [3.63, 3.8) is 0 Å². The van der Waals surface area contributed by atoms with Crippen LogP contribution in [0.2, 0.25) is 5.02 Å². The largest absolute Gasteiger partial charge is 0.496 e. The van der Waals surface area contributed by atoms with Crippen molar-refractivity contribution in [2.24, 2.45) is 0 Å². The van der Waals surface area contributed by atoms with Crippen LogP contribution in [0.1, 0.15) is 29.6 Å². The first-order chi connectivity index (χ1) is 13.6. The monoisotopic (exact) mass is 399 g/mol. The lowest BCUT2D eigenvalue weighted by molar-refractivity contribution is 0.0720. The summed E-state index contributed by atoms with van der Waals surface area (Å²) in [6.45, 7) is 1.36. The average Bonchev–Trinajstić information content (AvgIpc) is 2.73. The predicted molar refractivity (Wildman–Crippen MR) is 106 cm³/mol. The number of likely N-dealkylation sites (tertiary alicyclic amines) is 1. The molecule has 0 spiro atoms. The quantitative estimate of drug-likeness (QED) is 0.639. The number of hydrogen-bond acceptors (Lipinski definition) is 4. The highest BCUT2D eigenvalue weighted by Crippen LogP contribution is 2.33. The molecule has 144 valence electrons. The van der Waals surface area contributed by atoms with Crippen LogP contribution in [0.15, 0.2) is 36.7 Å². The molecule has 4 rings (SSSR count). The maximum atomic E-state index is 15.0. The molecule has 1 aromatic carbocycles. The van der Waals surface area contributed by atoms with Gasteiger partial charge in [-0.25, -0.2) is 9.37 Å². The van der Waals surface area contributed by atoms with E-state index in [1.165, 1.54) is 19.2 Å². The SMILES string of the molecule is COc1cc(-c2cc(Cl)c3cnccc3n2)c(F)cc1C(=O)N1CCCCC1. The third kappa shape index (κ3) is 3.40. The molecule has 3 heterocycles. The molecule has 3 aromatic rings. The highest BCUT2D eigenvalue weighted by atomic mass is 35.5. The number of pyridine rings is 2. The zero-order valence-electron chi connectivity index (χ0n) is 15.4. The first-order valence-electron chi connectivity index (χ1n) is 9.16. The van der Waals surface area contributed by atoms with Crippen LogP contribution < -0.4 is 4.74 Å². The van der Waals surface area contributed by atoms with Crippen molar-refractivity contribution in [3.05, 3.63) is 53.1 Å². The van der Waals surface area contributed by atoms with Crippen LogP contribution in [-0.2, 0) is 0 Å². The van der Waals surface area contributed by atoms with Gasteiger partial charge in [0.15, 0.2) is 0 Å². The van der Waals surface area contributed by atoms with Crippen molar-refractivity contribution in [1.29, 1.82) is 0 Å². The molecular weight excluding hydrogens is 381 g/mol. The summed E-state index contributed by atoms with van der Waals surface area (Å²) in [5.74, 6) is -0.435. The molecule has 1 aliphatic heterocycles. The first kappa shape index (κ1) is 18.6. The second kappa shape index (κ2) is 7.72. The van der Waals surface area contributed by atoms with Crippen LogP contribution in [0.4, 0.5) is 4.39 Å². The molecular formula is C21H19ClFN3O2. The number of nitrogens with zero attached hydrogens (tertiary/aromatic N) is 3. The number of hydrogen-bond donors (Lipinski definition) is 0. The van der Waals surface area contributed by atoms with E-state index >= 15 is 0 Å². The van der Waals surface area contributed by atoms with E-state index in [0.29, 0.717) is 40.5 Å². The normalized spacial score (nSPS) is 14.3. The van der Waals surface area contributed by atoms with E-state index in [4.69, 9.17) is 16.3 Å². The number of ether oxygens (including phenoxy) is 1. The Morgan fingerprint density at radius 1 is 1.21 bits per heavy atom. The summed E-state index contributed by atoms with van der Waals surface area (Å²) in [6.07, 6.45) is 6.25. The molecule has 0 radical (unpaired) electrons. The van der Waals surface area contributed by atoms with Gasteiger partial charge in [0.2, 0.25) is 0 Å². The Hall–Kier alpha value is -2.73. The van der Waals surface area contributed by atoms with E-state index in [9.17, 15) is 9.18 Å². The van der Waals surface area contributed by atoms with E-state index in [1.807, 2.05) is 0 Å². The summed E-state index contributed by atoms with van der Waals surface area (Å²) in [6, 6.07) is 6.05. The lowest BCUT2D eigenvalue weighted by Crippen LogP contribution is -2.35. The Morgan fingerprint density at radius 3 is 2.75 bits per heavy atom. The number of halogens is 2. The molecule has 7 heteroatoms. The number of fused-ring (bicyclic) bond motifs is 1. The molecule has 1 aliphatic rings. The molecule has 1 amide bonds. The van der Waals surface area contributed by atoms with Gasteiger partial charge in [-0.15, -0.1) is 0 Å². The third-order valence-electron chi connectivity index (χ3n) is 5.00. The van der Waals surface area contributed by atoms with Crippen LogP contribution in [0.25, 0.3) is 22.2 Å². The van der Waals surface area contributed by atoms with Crippen molar-refractivity contribution in [3.8, 4) is 17.0 Å². The smallest absolute Gasteiger partial charge is 0.257 e. The van der Waals surface area contributed by atoms with Gasteiger partial charge in [-0.1, -0.05) is 11.6 Å². The van der Waals surface area contributed by atoms with E-state index in [0.717, 1.165) is 19.3 Å². The van der Waals surface area contributed by atoms with E-state index in [-0.39, 0.29) is 17.0 Å². The molecule has 2 aromatic heterocycles. The summed E-state index contributed by atoms with van der Waals surface area (Å²) in [5.41, 5.74) is 1.44. The summed E-state index contributed by atoms with van der Waals surface area (Å²) < 4.78 is 20.4. The summed E-state index contributed by atoms with van der Waals surface area (Å²) in [7, 11) is 1.47. The fraction of sp³-hybridized carbons (Fsp3) is 0.286. The number of benzene rings is 1. The second-order valence-electron chi connectivity index (χ2n) is 6.77. The molecule has 1 saturated heterocycles. The van der Waals surface area contributed by atoms with Crippen molar-refractivity contribution in [1.82, 2.24) is 14.9 Å². The van der Waals surface area contributed by atoms with Crippen molar-refractivity contribution in [2.75, 3.05) is 20.2 Å². The number of amides is 1. The molecule has 0 saturated carbocycles. The standard InChI is InChI=1S/C21H19ClFN3O2/c1-28-20-10-13(19-11-16(22)15-12-24-6-5-18(15)25-19)17(23)9-14(20)21(27)26-7-3-2-4-8-26/h5-6,9-12H,2-4,7-8H2,1H3. The number of aromatic nitrogens is 2. The fourth-order valence-corrected chi connectivity index (χ4v) is 3.77. The van der Waals surface area contributed by atoms with Gasteiger partial charge in [0.05, 0.1) is 28.9 Å². The topological polar surface area (TPSA) is 55.3 Å². The minimum atomic E-state index is -0.543. The minimum Gasteiger partial charge on any atom is -0.496 e. The highest BCUT2D eigenvalue weighted by molar-refractivity contribution is 6.35. The molecule has 1 fully saturated rings. The van der Waals surface area contributed by atoms with Crippen LogP contribution >= 0.6 is 11.6 Å². The molecule has 0 unspecified atom stereocenters. The van der Waals surface area contributed by atoms with E-state index in [2.05, 4.69) is 9.97 Å². The molecule has 0 aliphatic carbocycles.